The van der Waals surface area contributed by atoms with Crippen LogP contribution in [0.15, 0.2) is 13.6 Å². The summed E-state index contributed by atoms with van der Waals surface area (Å²) in [6, 6.07) is 1.74. The van der Waals surface area contributed by atoms with Crippen molar-refractivity contribution in [3.63, 3.8) is 0 Å². The van der Waals surface area contributed by atoms with Crippen LogP contribution in [0.2, 0.25) is 0 Å². The summed E-state index contributed by atoms with van der Waals surface area (Å²) in [7, 11) is 0. The Hall–Kier alpha value is -0.400. The number of hydrogen-bond acceptors (Lipinski definition) is 3. The highest BCUT2D eigenvalue weighted by Gasteiger charge is 2.41. The van der Waals surface area contributed by atoms with Gasteiger partial charge in [0.25, 0.3) is 5.91 Å². The Morgan fingerprint density at radius 3 is 2.52 bits per heavy atom. The third-order valence-electron chi connectivity index (χ3n) is 4.17. The van der Waals surface area contributed by atoms with Crippen LogP contribution in [0.5, 0.6) is 0 Å². The number of thiophene rings is 1. The van der Waals surface area contributed by atoms with Crippen molar-refractivity contribution in [2.75, 3.05) is 6.54 Å². The lowest BCUT2D eigenvalue weighted by Gasteiger charge is -2.35. The standard InChI is InChI=1S/C14H17Br2NO3S/c1-8-2-4-14(5-3-8,13(19)20)7-17-12(18)9-6-10(15)21-11(9)16/h6,8H,2-5,7H2,1H3,(H,17,18)(H,19,20). The largest absolute Gasteiger partial charge is 0.481 e. The van der Waals surface area contributed by atoms with Gasteiger partial charge < -0.3 is 10.4 Å². The zero-order valence-electron chi connectivity index (χ0n) is 11.6. The van der Waals surface area contributed by atoms with E-state index in [1.807, 2.05) is 0 Å². The van der Waals surface area contributed by atoms with E-state index in [4.69, 9.17) is 0 Å². The van der Waals surface area contributed by atoms with Crippen LogP contribution in [0.3, 0.4) is 0 Å². The minimum absolute atomic E-state index is 0.188. The fourth-order valence-corrected chi connectivity index (χ4v) is 5.41. The number of nitrogens with one attached hydrogen (secondary N) is 1. The van der Waals surface area contributed by atoms with E-state index >= 15 is 0 Å². The van der Waals surface area contributed by atoms with Crippen molar-refractivity contribution in [3.8, 4) is 0 Å². The van der Waals surface area contributed by atoms with Crippen molar-refractivity contribution in [3.05, 3.63) is 19.2 Å². The summed E-state index contributed by atoms with van der Waals surface area (Å²) in [4.78, 5) is 23.8. The molecular weight excluding hydrogens is 422 g/mol. The first-order chi connectivity index (χ1) is 9.84. The fraction of sp³-hybridized carbons (Fsp3) is 0.571. The Balaban J connectivity index is 2.04. The van der Waals surface area contributed by atoms with Crippen molar-refractivity contribution in [1.82, 2.24) is 5.32 Å². The molecule has 1 heterocycles. The molecule has 116 valence electrons. The first-order valence-corrected chi connectivity index (χ1v) is 9.21. The normalized spacial score (nSPS) is 25.6. The average Bonchev–Trinajstić information content (AvgIpc) is 2.77. The molecule has 1 amide bonds. The molecule has 0 saturated heterocycles. The predicted molar refractivity (Wildman–Crippen MR) is 89.8 cm³/mol. The van der Waals surface area contributed by atoms with Gasteiger partial charge in [0.2, 0.25) is 0 Å². The van der Waals surface area contributed by atoms with Gasteiger partial charge in [-0.3, -0.25) is 9.59 Å². The average molecular weight is 439 g/mol. The summed E-state index contributed by atoms with van der Waals surface area (Å²) in [5, 5.41) is 12.3. The Bertz CT molecular complexity index is 550. The summed E-state index contributed by atoms with van der Waals surface area (Å²) in [5.74, 6) is -0.474. The van der Waals surface area contributed by atoms with Gasteiger partial charge in [0.1, 0.15) is 0 Å². The molecule has 0 aromatic carbocycles. The van der Waals surface area contributed by atoms with Crippen LogP contribution in [0, 0.1) is 11.3 Å². The monoisotopic (exact) mass is 437 g/mol. The minimum atomic E-state index is -0.818. The Labute approximate surface area is 144 Å². The molecule has 1 aliphatic carbocycles. The molecule has 0 atom stereocenters. The second-order valence-electron chi connectivity index (χ2n) is 5.69. The fourth-order valence-electron chi connectivity index (χ4n) is 2.62. The van der Waals surface area contributed by atoms with Gasteiger partial charge in [0.05, 0.1) is 18.6 Å². The molecule has 4 nitrogen and oxygen atoms in total. The van der Waals surface area contributed by atoms with Crippen molar-refractivity contribution in [2.24, 2.45) is 11.3 Å². The van der Waals surface area contributed by atoms with E-state index in [1.165, 1.54) is 11.3 Å². The number of amides is 1. The lowest BCUT2D eigenvalue weighted by atomic mass is 9.71. The maximum atomic E-state index is 12.2. The van der Waals surface area contributed by atoms with Gasteiger partial charge >= 0.3 is 5.97 Å². The molecule has 1 aromatic heterocycles. The van der Waals surface area contributed by atoms with Crippen molar-refractivity contribution < 1.29 is 14.7 Å². The number of halogens is 2. The summed E-state index contributed by atoms with van der Waals surface area (Å²) in [6.07, 6.45) is 3.04. The molecule has 21 heavy (non-hydrogen) atoms. The SMILES string of the molecule is CC1CCC(CNC(=O)c2cc(Br)sc2Br)(C(=O)O)CC1. The maximum absolute atomic E-state index is 12.2. The van der Waals surface area contributed by atoms with Gasteiger partial charge in [0.15, 0.2) is 0 Å². The third-order valence-corrected chi connectivity index (χ3v) is 6.51. The lowest BCUT2D eigenvalue weighted by Crippen LogP contribution is -2.45. The predicted octanol–water partition coefficient (Wildman–Crippen LogP) is 4.28. The van der Waals surface area contributed by atoms with E-state index in [-0.39, 0.29) is 12.5 Å². The number of carboxylic acids is 1. The van der Waals surface area contributed by atoms with E-state index in [9.17, 15) is 14.7 Å². The molecular formula is C14H17Br2NO3S. The lowest BCUT2D eigenvalue weighted by molar-refractivity contribution is -0.151. The van der Waals surface area contributed by atoms with Crippen LogP contribution in [-0.4, -0.2) is 23.5 Å². The quantitative estimate of drug-likeness (QED) is 0.736. The highest BCUT2D eigenvalue weighted by molar-refractivity contribution is 9.12. The molecule has 2 N–H and O–H groups in total. The van der Waals surface area contributed by atoms with Crippen molar-refractivity contribution in [1.29, 1.82) is 0 Å². The molecule has 1 saturated carbocycles. The molecule has 1 fully saturated rings. The third kappa shape index (κ3) is 3.87. The Morgan fingerprint density at radius 1 is 1.43 bits per heavy atom. The van der Waals surface area contributed by atoms with Gasteiger partial charge in [-0.1, -0.05) is 6.92 Å². The first-order valence-electron chi connectivity index (χ1n) is 6.80. The van der Waals surface area contributed by atoms with Crippen LogP contribution >= 0.6 is 43.2 Å². The summed E-state index contributed by atoms with van der Waals surface area (Å²) < 4.78 is 1.60. The zero-order chi connectivity index (χ0) is 15.6. The Morgan fingerprint density at radius 2 is 2.05 bits per heavy atom. The van der Waals surface area contributed by atoms with Crippen molar-refractivity contribution >= 4 is 55.1 Å². The van der Waals surface area contributed by atoms with Gasteiger partial charge in [-0.15, -0.1) is 11.3 Å². The van der Waals surface area contributed by atoms with E-state index in [0.717, 1.165) is 20.4 Å². The van der Waals surface area contributed by atoms with Crippen LogP contribution < -0.4 is 5.32 Å². The number of aliphatic carboxylic acids is 1. The van der Waals surface area contributed by atoms with E-state index in [2.05, 4.69) is 44.1 Å². The second kappa shape index (κ2) is 6.79. The number of carbonyl (C=O) groups is 2. The zero-order valence-corrected chi connectivity index (χ0v) is 15.6. The van der Waals surface area contributed by atoms with Crippen molar-refractivity contribution in [2.45, 2.75) is 32.6 Å². The van der Waals surface area contributed by atoms with Gasteiger partial charge in [-0.2, -0.15) is 0 Å². The van der Waals surface area contributed by atoms with Crippen LogP contribution in [0.1, 0.15) is 43.0 Å². The molecule has 2 rings (SSSR count). The Kier molecular flexibility index (Phi) is 5.48. The van der Waals surface area contributed by atoms with Crippen LogP contribution in [0.4, 0.5) is 0 Å². The number of carboxylic acid groups (broad SMARTS) is 1. The highest BCUT2D eigenvalue weighted by atomic mass is 79.9. The molecule has 0 spiro atoms. The van der Waals surface area contributed by atoms with Crippen LogP contribution in [0.25, 0.3) is 0 Å². The van der Waals surface area contributed by atoms with Gasteiger partial charge in [0, 0.05) is 6.54 Å². The minimum Gasteiger partial charge on any atom is -0.481 e. The first kappa shape index (κ1) is 17.0. The van der Waals surface area contributed by atoms with Gasteiger partial charge in [-0.25, -0.2) is 0 Å². The van der Waals surface area contributed by atoms with E-state index < -0.39 is 11.4 Å². The molecule has 0 bridgehead atoms. The summed E-state index contributed by atoms with van der Waals surface area (Å²) in [5.41, 5.74) is -0.279. The van der Waals surface area contributed by atoms with Gasteiger partial charge in [-0.05, 0) is 69.5 Å². The molecule has 7 heteroatoms. The number of rotatable bonds is 4. The molecule has 1 aliphatic rings. The topological polar surface area (TPSA) is 66.4 Å². The molecule has 0 aliphatic heterocycles. The molecule has 0 unspecified atom stereocenters. The second-order valence-corrected chi connectivity index (χ2v) is 9.44. The molecule has 1 aromatic rings. The number of carbonyl (C=O) groups excluding carboxylic acids is 1. The molecule has 0 radical (unpaired) electrons. The van der Waals surface area contributed by atoms with Crippen LogP contribution in [-0.2, 0) is 4.79 Å². The smallest absolute Gasteiger partial charge is 0.311 e. The summed E-state index contributed by atoms with van der Waals surface area (Å²) >= 11 is 8.10. The highest BCUT2D eigenvalue weighted by Crippen LogP contribution is 2.39. The van der Waals surface area contributed by atoms with E-state index in [0.29, 0.717) is 24.3 Å². The number of hydrogen-bond donors (Lipinski definition) is 2. The summed E-state index contributed by atoms with van der Waals surface area (Å²) in [6.45, 7) is 2.33. The maximum Gasteiger partial charge on any atom is 0.311 e. The van der Waals surface area contributed by atoms with E-state index in [1.54, 1.807) is 6.07 Å².